The molecule has 0 fully saturated rings. The van der Waals surface area contributed by atoms with Gasteiger partial charge in [-0.3, -0.25) is 4.79 Å². The topological polar surface area (TPSA) is 55.1 Å². The molecule has 2 aromatic carbocycles. The lowest BCUT2D eigenvalue weighted by Crippen LogP contribution is -2.12. The maximum Gasteiger partial charge on any atom is 0.255 e. The summed E-state index contributed by atoms with van der Waals surface area (Å²) in [6.45, 7) is 1.88. The quantitative estimate of drug-likeness (QED) is 0.833. The van der Waals surface area contributed by atoms with Crippen LogP contribution in [0, 0.1) is 6.92 Å². The first-order chi connectivity index (χ1) is 8.56. The Morgan fingerprint density at radius 1 is 1.17 bits per heavy atom. The van der Waals surface area contributed by atoms with Gasteiger partial charge >= 0.3 is 0 Å². The zero-order valence-corrected chi connectivity index (χ0v) is 11.5. The third-order valence-corrected chi connectivity index (χ3v) is 3.16. The van der Waals surface area contributed by atoms with Crippen molar-refractivity contribution in [2.24, 2.45) is 0 Å². The molecule has 0 saturated carbocycles. The summed E-state index contributed by atoms with van der Waals surface area (Å²) in [5.41, 5.74) is 8.68. The Hall–Kier alpha value is -1.81. The molecule has 0 aliphatic carbocycles. The molecule has 4 heteroatoms. The third-order valence-electron chi connectivity index (χ3n) is 2.63. The second kappa shape index (κ2) is 5.23. The molecule has 3 nitrogen and oxygen atoms in total. The Kier molecular flexibility index (Phi) is 3.67. The van der Waals surface area contributed by atoms with E-state index >= 15 is 0 Å². The van der Waals surface area contributed by atoms with Crippen LogP contribution in [0.4, 0.5) is 11.4 Å². The van der Waals surface area contributed by atoms with E-state index in [4.69, 9.17) is 5.73 Å². The highest BCUT2D eigenvalue weighted by molar-refractivity contribution is 9.10. The number of hydrogen-bond acceptors (Lipinski definition) is 2. The van der Waals surface area contributed by atoms with E-state index in [1.807, 2.05) is 31.2 Å². The summed E-state index contributed by atoms with van der Waals surface area (Å²) < 4.78 is 0.976. The minimum absolute atomic E-state index is 0.138. The van der Waals surface area contributed by atoms with Gasteiger partial charge in [-0.1, -0.05) is 15.9 Å². The van der Waals surface area contributed by atoms with Crippen LogP contribution in [-0.4, -0.2) is 5.91 Å². The van der Waals surface area contributed by atoms with Crippen LogP contribution < -0.4 is 11.1 Å². The minimum Gasteiger partial charge on any atom is -0.399 e. The minimum atomic E-state index is -0.138. The molecular formula is C14H13BrN2O. The number of nitrogen functional groups attached to an aromatic ring is 1. The normalized spacial score (nSPS) is 10.1. The number of aryl methyl sites for hydroxylation is 1. The summed E-state index contributed by atoms with van der Waals surface area (Å²) in [5.74, 6) is -0.138. The average Bonchev–Trinajstić information content (AvgIpc) is 2.35. The first-order valence-corrected chi connectivity index (χ1v) is 6.28. The van der Waals surface area contributed by atoms with Gasteiger partial charge in [0.25, 0.3) is 5.91 Å². The molecule has 0 bridgehead atoms. The van der Waals surface area contributed by atoms with E-state index in [0.29, 0.717) is 11.3 Å². The fourth-order valence-electron chi connectivity index (χ4n) is 1.55. The molecule has 0 unspecified atom stereocenters. The summed E-state index contributed by atoms with van der Waals surface area (Å²) in [7, 11) is 0. The predicted molar refractivity (Wildman–Crippen MR) is 77.7 cm³/mol. The highest BCUT2D eigenvalue weighted by atomic mass is 79.9. The van der Waals surface area contributed by atoms with E-state index < -0.39 is 0 Å². The van der Waals surface area contributed by atoms with Crippen molar-refractivity contribution in [1.29, 1.82) is 0 Å². The molecular weight excluding hydrogens is 292 g/mol. The molecule has 0 radical (unpaired) electrons. The number of hydrogen-bond donors (Lipinski definition) is 2. The first-order valence-electron chi connectivity index (χ1n) is 5.49. The Bertz CT molecular complexity index is 579. The maximum atomic E-state index is 12.0. The molecule has 18 heavy (non-hydrogen) atoms. The van der Waals surface area contributed by atoms with Gasteiger partial charge in [0.2, 0.25) is 0 Å². The second-order valence-electron chi connectivity index (χ2n) is 4.03. The van der Waals surface area contributed by atoms with Crippen molar-refractivity contribution in [3.63, 3.8) is 0 Å². The lowest BCUT2D eigenvalue weighted by molar-refractivity contribution is 0.102. The predicted octanol–water partition coefficient (Wildman–Crippen LogP) is 3.59. The van der Waals surface area contributed by atoms with E-state index in [-0.39, 0.29) is 5.91 Å². The molecule has 0 atom stereocenters. The van der Waals surface area contributed by atoms with Crippen LogP contribution in [0.25, 0.3) is 0 Å². The third kappa shape index (κ3) is 2.90. The summed E-state index contributed by atoms with van der Waals surface area (Å²) in [6.07, 6.45) is 0. The molecule has 0 spiro atoms. The SMILES string of the molecule is Cc1cc(C(=O)Nc2ccc(Br)cc2)ccc1N. The zero-order chi connectivity index (χ0) is 13.1. The summed E-state index contributed by atoms with van der Waals surface area (Å²) in [5, 5.41) is 2.83. The Morgan fingerprint density at radius 3 is 2.44 bits per heavy atom. The number of rotatable bonds is 2. The van der Waals surface area contributed by atoms with Gasteiger partial charge in [-0.05, 0) is 55.0 Å². The van der Waals surface area contributed by atoms with Crippen LogP contribution in [0.1, 0.15) is 15.9 Å². The monoisotopic (exact) mass is 304 g/mol. The molecule has 0 heterocycles. The lowest BCUT2D eigenvalue weighted by Gasteiger charge is -2.07. The van der Waals surface area contributed by atoms with Crippen LogP contribution in [0.3, 0.4) is 0 Å². The molecule has 3 N–H and O–H groups in total. The van der Waals surface area contributed by atoms with Gasteiger partial charge in [-0.2, -0.15) is 0 Å². The lowest BCUT2D eigenvalue weighted by atomic mass is 10.1. The largest absolute Gasteiger partial charge is 0.399 e. The van der Waals surface area contributed by atoms with Gasteiger partial charge in [-0.25, -0.2) is 0 Å². The number of benzene rings is 2. The first kappa shape index (κ1) is 12.6. The van der Waals surface area contributed by atoms with Crippen molar-refractivity contribution in [1.82, 2.24) is 0 Å². The number of nitrogens with two attached hydrogens (primary N) is 1. The van der Waals surface area contributed by atoms with Gasteiger partial charge < -0.3 is 11.1 Å². The highest BCUT2D eigenvalue weighted by Crippen LogP contribution is 2.17. The maximum absolute atomic E-state index is 12.0. The van der Waals surface area contributed by atoms with Gasteiger partial charge in [-0.15, -0.1) is 0 Å². The number of carbonyl (C=O) groups excluding carboxylic acids is 1. The van der Waals surface area contributed by atoms with Crippen molar-refractivity contribution in [2.75, 3.05) is 11.1 Å². The number of amides is 1. The van der Waals surface area contributed by atoms with Crippen molar-refractivity contribution >= 4 is 33.2 Å². The highest BCUT2D eigenvalue weighted by Gasteiger charge is 2.07. The van der Waals surface area contributed by atoms with E-state index in [0.717, 1.165) is 15.7 Å². The van der Waals surface area contributed by atoms with Gasteiger partial charge in [0.1, 0.15) is 0 Å². The molecule has 0 aromatic heterocycles. The van der Waals surface area contributed by atoms with Crippen LogP contribution in [0.2, 0.25) is 0 Å². The average molecular weight is 305 g/mol. The Labute approximate surface area is 114 Å². The van der Waals surface area contributed by atoms with Crippen molar-refractivity contribution < 1.29 is 4.79 Å². The number of nitrogens with one attached hydrogen (secondary N) is 1. The standard InChI is InChI=1S/C14H13BrN2O/c1-9-8-10(2-7-13(9)16)14(18)17-12-5-3-11(15)4-6-12/h2-8H,16H2,1H3,(H,17,18). The Balaban J connectivity index is 2.16. The summed E-state index contributed by atoms with van der Waals surface area (Å²) >= 11 is 3.35. The van der Waals surface area contributed by atoms with E-state index in [2.05, 4.69) is 21.2 Å². The van der Waals surface area contributed by atoms with E-state index in [1.165, 1.54) is 0 Å². The number of halogens is 1. The van der Waals surface area contributed by atoms with Gasteiger partial charge in [0.15, 0.2) is 0 Å². The zero-order valence-electron chi connectivity index (χ0n) is 9.91. The van der Waals surface area contributed by atoms with Crippen LogP contribution >= 0.6 is 15.9 Å². The van der Waals surface area contributed by atoms with Crippen LogP contribution in [0.5, 0.6) is 0 Å². The smallest absolute Gasteiger partial charge is 0.255 e. The molecule has 2 aromatic rings. The van der Waals surface area contributed by atoms with E-state index in [1.54, 1.807) is 18.2 Å². The molecule has 0 aliphatic rings. The number of anilines is 2. The summed E-state index contributed by atoms with van der Waals surface area (Å²) in [6, 6.07) is 12.7. The fraction of sp³-hybridized carbons (Fsp3) is 0.0714. The fourth-order valence-corrected chi connectivity index (χ4v) is 1.82. The van der Waals surface area contributed by atoms with Gasteiger partial charge in [0, 0.05) is 21.4 Å². The number of carbonyl (C=O) groups is 1. The molecule has 0 aliphatic heterocycles. The Morgan fingerprint density at radius 2 is 1.83 bits per heavy atom. The van der Waals surface area contributed by atoms with Crippen LogP contribution in [0.15, 0.2) is 46.9 Å². The molecule has 92 valence electrons. The van der Waals surface area contributed by atoms with Gasteiger partial charge in [0.05, 0.1) is 0 Å². The second-order valence-corrected chi connectivity index (χ2v) is 4.95. The van der Waals surface area contributed by atoms with E-state index in [9.17, 15) is 4.79 Å². The van der Waals surface area contributed by atoms with Crippen molar-refractivity contribution in [3.05, 3.63) is 58.1 Å². The molecule has 2 rings (SSSR count). The molecule has 1 amide bonds. The molecule has 0 saturated heterocycles. The summed E-state index contributed by atoms with van der Waals surface area (Å²) in [4.78, 5) is 12.0. The van der Waals surface area contributed by atoms with Crippen LogP contribution in [-0.2, 0) is 0 Å². The van der Waals surface area contributed by atoms with Crippen molar-refractivity contribution in [3.8, 4) is 0 Å². The van der Waals surface area contributed by atoms with Crippen molar-refractivity contribution in [2.45, 2.75) is 6.92 Å².